The summed E-state index contributed by atoms with van der Waals surface area (Å²) >= 11 is 0. The maximum atomic E-state index is 14.6. The number of hydrogen-bond acceptors (Lipinski definition) is 10. The van der Waals surface area contributed by atoms with Gasteiger partial charge in [0.05, 0.1) is 23.9 Å². The molecule has 0 unspecified atom stereocenters. The van der Waals surface area contributed by atoms with E-state index in [1.165, 1.54) is 0 Å². The fourth-order valence-electron chi connectivity index (χ4n) is 6.16. The van der Waals surface area contributed by atoms with Crippen LogP contribution in [0.5, 0.6) is 23.0 Å². The third kappa shape index (κ3) is 5.48. The first-order valence-electron chi connectivity index (χ1n) is 14.9. The van der Waals surface area contributed by atoms with Gasteiger partial charge < -0.3 is 28.4 Å². The van der Waals surface area contributed by atoms with Gasteiger partial charge in [-0.1, -0.05) is 39.8 Å². The van der Waals surface area contributed by atoms with E-state index in [2.05, 4.69) is 0 Å². The minimum Gasteiger partial charge on any atom is -0.454 e. The quantitative estimate of drug-likeness (QED) is 0.409. The molecule has 4 atom stereocenters. The van der Waals surface area contributed by atoms with Gasteiger partial charge in [0.25, 0.3) is 0 Å². The maximum absolute atomic E-state index is 14.6. The van der Waals surface area contributed by atoms with Crippen LogP contribution in [0.4, 0.5) is 9.59 Å². The number of rotatable bonds is 9. The highest BCUT2D eigenvalue weighted by Crippen LogP contribution is 2.38. The molecule has 0 N–H and O–H groups in total. The molecule has 12 heteroatoms. The van der Waals surface area contributed by atoms with E-state index in [0.29, 0.717) is 34.1 Å². The Labute approximate surface area is 255 Å². The van der Waals surface area contributed by atoms with Crippen molar-refractivity contribution >= 4 is 24.0 Å². The van der Waals surface area contributed by atoms with Gasteiger partial charge in [0.1, 0.15) is 13.2 Å². The number of amides is 4. The average Bonchev–Trinajstić information content (AvgIpc) is 3.80. The van der Waals surface area contributed by atoms with Crippen LogP contribution in [0.1, 0.15) is 38.8 Å². The van der Waals surface area contributed by atoms with Crippen LogP contribution in [0.15, 0.2) is 36.4 Å². The van der Waals surface area contributed by atoms with E-state index in [9.17, 15) is 19.2 Å². The summed E-state index contributed by atoms with van der Waals surface area (Å²) in [6, 6.07) is 9.65. The van der Waals surface area contributed by atoms with Crippen molar-refractivity contribution in [1.82, 2.24) is 9.80 Å². The van der Waals surface area contributed by atoms with Crippen molar-refractivity contribution in [2.45, 2.75) is 52.6 Å². The minimum atomic E-state index is -1.05. The fraction of sp³-hybridized carbons (Fsp3) is 0.500. The highest BCUT2D eigenvalue weighted by Gasteiger charge is 2.49. The Hall–Kier alpha value is -4.48. The SMILES string of the molecule is CC(C)[C@H]1COC(=O)N1C(=O)[C@@H](Cc1ccc2c(c1)OCO2)[C@@H](Cc1ccc2c(c1)OCO2)C(=O)N1C(=O)OC[C@@H]1C(C)C. The van der Waals surface area contributed by atoms with E-state index in [1.807, 2.05) is 27.7 Å². The van der Waals surface area contributed by atoms with Crippen molar-refractivity contribution in [1.29, 1.82) is 0 Å². The second-order valence-corrected chi connectivity index (χ2v) is 12.2. The van der Waals surface area contributed by atoms with Gasteiger partial charge in [-0.3, -0.25) is 9.59 Å². The topological polar surface area (TPSA) is 130 Å². The fourth-order valence-corrected chi connectivity index (χ4v) is 6.16. The Morgan fingerprint density at radius 3 is 1.41 bits per heavy atom. The second-order valence-electron chi connectivity index (χ2n) is 12.2. The summed E-state index contributed by atoms with van der Waals surface area (Å²) in [4.78, 5) is 57.5. The van der Waals surface area contributed by atoms with Crippen molar-refractivity contribution in [2.24, 2.45) is 23.7 Å². The molecule has 4 aliphatic rings. The van der Waals surface area contributed by atoms with Crippen molar-refractivity contribution in [2.75, 3.05) is 26.8 Å². The summed E-state index contributed by atoms with van der Waals surface area (Å²) in [5, 5.41) is 0. The van der Waals surface area contributed by atoms with Crippen LogP contribution in [0.25, 0.3) is 0 Å². The predicted molar refractivity (Wildman–Crippen MR) is 153 cm³/mol. The van der Waals surface area contributed by atoms with Crippen LogP contribution in [0.2, 0.25) is 0 Å². The molecule has 6 rings (SSSR count). The molecule has 2 fully saturated rings. The normalized spacial score (nSPS) is 21.6. The molecule has 4 heterocycles. The Kier molecular flexibility index (Phi) is 8.00. The Morgan fingerprint density at radius 1 is 0.636 bits per heavy atom. The first-order valence-corrected chi connectivity index (χ1v) is 14.9. The van der Waals surface area contributed by atoms with Crippen LogP contribution < -0.4 is 18.9 Å². The second kappa shape index (κ2) is 11.9. The van der Waals surface area contributed by atoms with E-state index in [-0.39, 0.29) is 51.5 Å². The first-order chi connectivity index (χ1) is 21.1. The van der Waals surface area contributed by atoms with Gasteiger partial charge in [-0.25, -0.2) is 19.4 Å². The molecular formula is C32H36N2O10. The van der Waals surface area contributed by atoms with Crippen molar-refractivity contribution < 1.29 is 47.6 Å². The Bertz CT molecular complexity index is 1360. The lowest BCUT2D eigenvalue weighted by Gasteiger charge is -2.34. The lowest BCUT2D eigenvalue weighted by Crippen LogP contribution is -2.52. The lowest BCUT2D eigenvalue weighted by molar-refractivity contribution is -0.145. The Balaban J connectivity index is 1.43. The van der Waals surface area contributed by atoms with Gasteiger partial charge in [-0.2, -0.15) is 0 Å². The smallest absolute Gasteiger partial charge is 0.416 e. The number of fused-ring (bicyclic) bond motifs is 2. The summed E-state index contributed by atoms with van der Waals surface area (Å²) in [5.74, 6) is -1.17. The lowest BCUT2D eigenvalue weighted by atomic mass is 9.80. The first kappa shape index (κ1) is 29.6. The number of imide groups is 2. The van der Waals surface area contributed by atoms with Crippen molar-refractivity contribution in [3.63, 3.8) is 0 Å². The molecule has 2 saturated heterocycles. The maximum Gasteiger partial charge on any atom is 0.416 e. The largest absolute Gasteiger partial charge is 0.454 e. The number of nitrogens with zero attached hydrogens (tertiary/aromatic N) is 2. The molecule has 2 aromatic rings. The average molecular weight is 609 g/mol. The molecule has 0 aromatic heterocycles. The number of carbonyl (C=O) groups is 4. The van der Waals surface area contributed by atoms with E-state index < -0.39 is 47.9 Å². The molecule has 0 saturated carbocycles. The van der Waals surface area contributed by atoms with Gasteiger partial charge in [0, 0.05) is 0 Å². The third-order valence-electron chi connectivity index (χ3n) is 8.73. The van der Waals surface area contributed by atoms with E-state index in [0.717, 1.165) is 9.80 Å². The van der Waals surface area contributed by atoms with Crippen molar-refractivity contribution in [3.8, 4) is 23.0 Å². The summed E-state index contributed by atoms with van der Waals surface area (Å²) in [5.41, 5.74) is 1.41. The summed E-state index contributed by atoms with van der Waals surface area (Å²) < 4.78 is 32.7. The molecule has 12 nitrogen and oxygen atoms in total. The molecule has 44 heavy (non-hydrogen) atoms. The molecule has 4 amide bonds. The molecular weight excluding hydrogens is 572 g/mol. The van der Waals surface area contributed by atoms with E-state index in [4.69, 9.17) is 28.4 Å². The van der Waals surface area contributed by atoms with Crippen LogP contribution in [0, 0.1) is 23.7 Å². The van der Waals surface area contributed by atoms with Crippen LogP contribution in [0.3, 0.4) is 0 Å². The third-order valence-corrected chi connectivity index (χ3v) is 8.73. The molecule has 0 radical (unpaired) electrons. The van der Waals surface area contributed by atoms with Crippen LogP contribution >= 0.6 is 0 Å². The molecule has 4 aliphatic heterocycles. The zero-order valence-corrected chi connectivity index (χ0v) is 25.1. The van der Waals surface area contributed by atoms with Crippen LogP contribution in [-0.4, -0.2) is 72.7 Å². The number of cyclic esters (lactones) is 2. The number of ether oxygens (including phenoxy) is 6. The monoisotopic (exact) mass is 608 g/mol. The van der Waals surface area contributed by atoms with Gasteiger partial charge in [-0.05, 0) is 60.1 Å². The molecule has 0 aliphatic carbocycles. The van der Waals surface area contributed by atoms with Crippen LogP contribution in [-0.2, 0) is 31.9 Å². The van der Waals surface area contributed by atoms with Crippen molar-refractivity contribution in [3.05, 3.63) is 47.5 Å². The summed E-state index contributed by atoms with van der Waals surface area (Å²) in [6.07, 6.45) is -1.33. The molecule has 2 aromatic carbocycles. The Morgan fingerprint density at radius 2 is 1.02 bits per heavy atom. The standard InChI is InChI=1S/C32H36N2O10/c1-17(2)23-13-39-31(37)33(23)29(35)21(9-19-5-7-25-27(11-19)43-15-41-25)22(10-20-6-8-26-28(12-20)44-16-42-26)30(36)34-24(18(3)4)14-40-32(34)38/h5-8,11-12,17-18,21-24H,9-10,13-16H2,1-4H3/t21-,22+,23-,24-/m1/s1. The number of hydrogen-bond donors (Lipinski definition) is 0. The highest BCUT2D eigenvalue weighted by molar-refractivity contribution is 6.00. The zero-order chi connectivity index (χ0) is 31.1. The zero-order valence-electron chi connectivity index (χ0n) is 25.1. The number of carbonyl (C=O) groups excluding carboxylic acids is 4. The molecule has 0 bridgehead atoms. The highest BCUT2D eigenvalue weighted by atomic mass is 16.7. The van der Waals surface area contributed by atoms with Gasteiger partial charge in [-0.15, -0.1) is 0 Å². The summed E-state index contributed by atoms with van der Waals surface area (Å²) in [6.45, 7) is 7.91. The predicted octanol–water partition coefficient (Wildman–Crippen LogP) is 4.17. The number of benzene rings is 2. The van der Waals surface area contributed by atoms with Gasteiger partial charge in [0.2, 0.25) is 25.4 Å². The van der Waals surface area contributed by atoms with E-state index in [1.54, 1.807) is 36.4 Å². The van der Waals surface area contributed by atoms with Gasteiger partial charge >= 0.3 is 12.2 Å². The molecule has 0 spiro atoms. The van der Waals surface area contributed by atoms with Gasteiger partial charge in [0.15, 0.2) is 23.0 Å². The van der Waals surface area contributed by atoms with E-state index >= 15 is 0 Å². The summed E-state index contributed by atoms with van der Waals surface area (Å²) in [7, 11) is 0. The molecule has 234 valence electrons. The minimum absolute atomic E-state index is 0.0631.